The van der Waals surface area contributed by atoms with Crippen molar-refractivity contribution in [1.82, 2.24) is 10.2 Å². The van der Waals surface area contributed by atoms with Gasteiger partial charge in [0.1, 0.15) is 0 Å². The summed E-state index contributed by atoms with van der Waals surface area (Å²) in [5.74, 6) is 1.75. The quantitative estimate of drug-likeness (QED) is 0.857. The molecule has 3 atom stereocenters. The van der Waals surface area contributed by atoms with Crippen molar-refractivity contribution in [3.05, 3.63) is 0 Å². The van der Waals surface area contributed by atoms with Crippen LogP contribution >= 0.6 is 0 Å². The number of likely N-dealkylation sites (N-methyl/N-ethyl adjacent to an activating group) is 1. The van der Waals surface area contributed by atoms with Gasteiger partial charge in [-0.3, -0.25) is 4.79 Å². The Kier molecular flexibility index (Phi) is 4.61. The first-order valence-electron chi connectivity index (χ1n) is 8.35. The molecule has 1 amide bonds. The van der Waals surface area contributed by atoms with Crippen LogP contribution in [0.15, 0.2) is 0 Å². The summed E-state index contributed by atoms with van der Waals surface area (Å²) in [6.07, 6.45) is 8.30. The molecule has 1 N–H and O–H groups in total. The van der Waals surface area contributed by atoms with E-state index in [1.54, 1.807) is 0 Å². The number of nitrogens with one attached hydrogen (secondary N) is 1. The van der Waals surface area contributed by atoms with E-state index in [9.17, 15) is 4.79 Å². The molecule has 2 heterocycles. The van der Waals surface area contributed by atoms with Gasteiger partial charge >= 0.3 is 0 Å². The number of amides is 1. The van der Waals surface area contributed by atoms with Crippen LogP contribution in [0.4, 0.5) is 0 Å². The number of hydrogen-bond acceptors (Lipinski definition) is 3. The molecule has 3 aliphatic rings. The fourth-order valence-corrected chi connectivity index (χ4v) is 4.33. The van der Waals surface area contributed by atoms with Crippen molar-refractivity contribution < 1.29 is 9.53 Å². The molecule has 0 radical (unpaired) electrons. The minimum absolute atomic E-state index is 0.0421. The smallest absolute Gasteiger partial charge is 0.239 e. The van der Waals surface area contributed by atoms with Gasteiger partial charge in [-0.25, -0.2) is 0 Å². The lowest BCUT2D eigenvalue weighted by Gasteiger charge is -2.36. The second-order valence-electron chi connectivity index (χ2n) is 6.72. The normalized spacial score (nSPS) is 36.0. The molecule has 3 fully saturated rings. The van der Waals surface area contributed by atoms with Crippen molar-refractivity contribution in [3.8, 4) is 0 Å². The molecule has 114 valence electrons. The highest BCUT2D eigenvalue weighted by molar-refractivity contribution is 5.82. The molecule has 0 aromatic rings. The number of carbonyl (C=O) groups excluding carboxylic acids is 1. The number of ether oxygens (including phenoxy) is 1. The van der Waals surface area contributed by atoms with Crippen molar-refractivity contribution in [2.24, 2.45) is 11.8 Å². The highest BCUT2D eigenvalue weighted by Gasteiger charge is 2.40. The maximum Gasteiger partial charge on any atom is 0.239 e. The third-order valence-electron chi connectivity index (χ3n) is 5.57. The first kappa shape index (κ1) is 14.3. The van der Waals surface area contributed by atoms with Gasteiger partial charge in [0.15, 0.2) is 0 Å². The van der Waals surface area contributed by atoms with Crippen LogP contribution in [0.1, 0.15) is 44.9 Å². The topological polar surface area (TPSA) is 41.6 Å². The van der Waals surface area contributed by atoms with Gasteiger partial charge in [0, 0.05) is 25.8 Å². The number of nitrogens with zero attached hydrogens (tertiary/aromatic N) is 1. The van der Waals surface area contributed by atoms with Gasteiger partial charge in [-0.2, -0.15) is 0 Å². The minimum atomic E-state index is 0.0421. The maximum atomic E-state index is 12.8. The summed E-state index contributed by atoms with van der Waals surface area (Å²) < 4.78 is 5.45. The van der Waals surface area contributed by atoms with Crippen LogP contribution in [0.5, 0.6) is 0 Å². The molecule has 1 aliphatic carbocycles. The van der Waals surface area contributed by atoms with Gasteiger partial charge in [0.05, 0.1) is 6.04 Å². The summed E-state index contributed by atoms with van der Waals surface area (Å²) >= 11 is 0. The fraction of sp³-hybridized carbons (Fsp3) is 0.938. The van der Waals surface area contributed by atoms with Gasteiger partial charge < -0.3 is 15.0 Å². The van der Waals surface area contributed by atoms with Crippen LogP contribution < -0.4 is 5.32 Å². The Morgan fingerprint density at radius 2 is 1.95 bits per heavy atom. The van der Waals surface area contributed by atoms with Crippen molar-refractivity contribution in [2.75, 3.05) is 26.8 Å². The zero-order valence-corrected chi connectivity index (χ0v) is 12.6. The Bertz CT molecular complexity index is 341. The third-order valence-corrected chi connectivity index (χ3v) is 5.57. The molecule has 3 unspecified atom stereocenters. The Balaban J connectivity index is 1.73. The molecular formula is C16H28N2O2. The van der Waals surface area contributed by atoms with E-state index in [-0.39, 0.29) is 6.04 Å². The third kappa shape index (κ3) is 2.86. The average molecular weight is 280 g/mol. The SMILES string of the molecule is CNC1CCC2CCCC2N(CC2CCOCC2)C1=O. The summed E-state index contributed by atoms with van der Waals surface area (Å²) in [6.45, 7) is 2.70. The number of fused-ring (bicyclic) bond motifs is 1. The highest BCUT2D eigenvalue weighted by atomic mass is 16.5. The van der Waals surface area contributed by atoms with Gasteiger partial charge in [0.25, 0.3) is 0 Å². The molecule has 4 nitrogen and oxygen atoms in total. The number of carbonyl (C=O) groups is 1. The first-order chi connectivity index (χ1) is 9.79. The molecule has 2 aliphatic heterocycles. The maximum absolute atomic E-state index is 12.8. The molecular weight excluding hydrogens is 252 g/mol. The summed E-state index contributed by atoms with van der Waals surface area (Å²) in [4.78, 5) is 15.1. The molecule has 0 bridgehead atoms. The highest BCUT2D eigenvalue weighted by Crippen LogP contribution is 2.37. The Hall–Kier alpha value is -0.610. The van der Waals surface area contributed by atoms with Gasteiger partial charge in [-0.1, -0.05) is 6.42 Å². The Morgan fingerprint density at radius 3 is 2.70 bits per heavy atom. The molecule has 20 heavy (non-hydrogen) atoms. The predicted molar refractivity (Wildman–Crippen MR) is 78.5 cm³/mol. The summed E-state index contributed by atoms with van der Waals surface area (Å²) in [5, 5.41) is 3.23. The van der Waals surface area contributed by atoms with E-state index < -0.39 is 0 Å². The van der Waals surface area contributed by atoms with E-state index in [0.29, 0.717) is 17.9 Å². The number of hydrogen-bond donors (Lipinski definition) is 1. The number of likely N-dealkylation sites (tertiary alicyclic amines) is 1. The van der Waals surface area contributed by atoms with E-state index in [4.69, 9.17) is 4.74 Å². The van der Waals surface area contributed by atoms with Crippen LogP contribution in [-0.4, -0.2) is 49.7 Å². The number of rotatable bonds is 3. The minimum Gasteiger partial charge on any atom is -0.381 e. The first-order valence-corrected chi connectivity index (χ1v) is 8.35. The summed E-state index contributed by atoms with van der Waals surface area (Å²) in [7, 11) is 1.93. The Morgan fingerprint density at radius 1 is 1.15 bits per heavy atom. The molecule has 4 heteroatoms. The van der Waals surface area contributed by atoms with E-state index in [0.717, 1.165) is 44.9 Å². The standard InChI is InChI=1S/C16H28N2O2/c1-17-14-6-5-13-3-2-4-15(13)18(16(14)19)11-12-7-9-20-10-8-12/h12-15,17H,2-11H2,1H3. The van der Waals surface area contributed by atoms with E-state index in [2.05, 4.69) is 10.2 Å². The van der Waals surface area contributed by atoms with Crippen molar-refractivity contribution in [1.29, 1.82) is 0 Å². The van der Waals surface area contributed by atoms with Crippen LogP contribution in [-0.2, 0) is 9.53 Å². The Labute approximate surface area is 122 Å². The lowest BCUT2D eigenvalue weighted by Crippen LogP contribution is -2.50. The zero-order chi connectivity index (χ0) is 13.9. The lowest BCUT2D eigenvalue weighted by molar-refractivity contribution is -0.136. The monoisotopic (exact) mass is 280 g/mol. The zero-order valence-electron chi connectivity index (χ0n) is 12.6. The lowest BCUT2D eigenvalue weighted by atomic mass is 9.95. The predicted octanol–water partition coefficient (Wildman–Crippen LogP) is 1.79. The molecule has 0 aromatic heterocycles. The molecule has 0 spiro atoms. The van der Waals surface area contributed by atoms with E-state index in [1.807, 2.05) is 7.05 Å². The van der Waals surface area contributed by atoms with Crippen molar-refractivity contribution in [3.63, 3.8) is 0 Å². The van der Waals surface area contributed by atoms with E-state index >= 15 is 0 Å². The molecule has 3 rings (SSSR count). The average Bonchev–Trinajstić information content (AvgIpc) is 2.90. The van der Waals surface area contributed by atoms with Gasteiger partial charge in [-0.15, -0.1) is 0 Å². The molecule has 0 aromatic carbocycles. The van der Waals surface area contributed by atoms with Gasteiger partial charge in [0.2, 0.25) is 5.91 Å². The molecule has 1 saturated carbocycles. The fourth-order valence-electron chi connectivity index (χ4n) is 4.33. The van der Waals surface area contributed by atoms with E-state index in [1.165, 1.54) is 25.7 Å². The second kappa shape index (κ2) is 6.44. The molecule has 2 saturated heterocycles. The van der Waals surface area contributed by atoms with Crippen molar-refractivity contribution in [2.45, 2.75) is 57.0 Å². The second-order valence-corrected chi connectivity index (χ2v) is 6.72. The summed E-state index contributed by atoms with van der Waals surface area (Å²) in [5.41, 5.74) is 0. The van der Waals surface area contributed by atoms with Crippen LogP contribution in [0.3, 0.4) is 0 Å². The van der Waals surface area contributed by atoms with Gasteiger partial charge in [-0.05, 0) is 57.4 Å². The largest absolute Gasteiger partial charge is 0.381 e. The summed E-state index contributed by atoms with van der Waals surface area (Å²) in [6, 6.07) is 0.559. The van der Waals surface area contributed by atoms with Crippen LogP contribution in [0, 0.1) is 11.8 Å². The van der Waals surface area contributed by atoms with Crippen LogP contribution in [0.25, 0.3) is 0 Å². The van der Waals surface area contributed by atoms with Crippen molar-refractivity contribution >= 4 is 5.91 Å². The van der Waals surface area contributed by atoms with Crippen LogP contribution in [0.2, 0.25) is 0 Å².